The minimum atomic E-state index is -1.12. The first-order valence-electron chi connectivity index (χ1n) is 3.69. The maximum Gasteiger partial charge on any atom is 0.337 e. The molecule has 13 heavy (non-hydrogen) atoms. The smallest absolute Gasteiger partial charge is 0.337 e. The normalized spacial score (nSPS) is 10.5. The number of aromatic nitrogens is 1. The number of carboxylic acids is 1. The lowest BCUT2D eigenvalue weighted by atomic mass is 10.1. The summed E-state index contributed by atoms with van der Waals surface area (Å²) in [4.78, 5) is 11.0. The van der Waals surface area contributed by atoms with Crippen LogP contribution in [0.3, 0.4) is 0 Å². The topological polar surface area (TPSA) is 42.2 Å². The Balaban J connectivity index is 2.88. The molecule has 2 rings (SSSR count). The molecule has 2 aromatic rings. The van der Waals surface area contributed by atoms with Crippen LogP contribution in [0, 0.1) is 0 Å². The van der Waals surface area contributed by atoms with E-state index in [-0.39, 0.29) is 11.1 Å². The number of benzene rings is 1. The molecule has 0 radical (unpaired) electrons. The zero-order valence-electron chi connectivity index (χ0n) is 6.57. The number of halogens is 1. The van der Waals surface area contributed by atoms with E-state index in [0.717, 1.165) is 0 Å². The van der Waals surface area contributed by atoms with Gasteiger partial charge >= 0.3 is 5.97 Å². The Morgan fingerprint density at radius 3 is 2.85 bits per heavy atom. The summed E-state index contributed by atoms with van der Waals surface area (Å²) in [6.45, 7) is 0. The Morgan fingerprint density at radius 2 is 2.15 bits per heavy atom. The van der Waals surface area contributed by atoms with Gasteiger partial charge in [-0.25, -0.2) is 4.79 Å². The number of aromatic carboxylic acids is 1. The highest BCUT2D eigenvalue weighted by Crippen LogP contribution is 2.20. The van der Waals surface area contributed by atoms with E-state index in [9.17, 15) is 9.28 Å². The molecule has 1 aromatic carbocycles. The van der Waals surface area contributed by atoms with E-state index in [0.29, 0.717) is 10.2 Å². The number of hydrogen-bond acceptors (Lipinski definition) is 1. The highest BCUT2D eigenvalue weighted by atomic mass is 19.2. The Bertz CT molecular complexity index is 475. The number of fused-ring (bicyclic) bond motifs is 1. The van der Waals surface area contributed by atoms with Crippen molar-refractivity contribution in [2.24, 2.45) is 0 Å². The molecule has 1 aromatic heterocycles. The predicted octanol–water partition coefficient (Wildman–Crippen LogP) is 2.07. The standard InChI is InChI=1S/C9H6FNO2/c10-11-5-4-6-2-1-3-7(8(6)11)9(12)13/h1-5H,(H,12,13). The maximum absolute atomic E-state index is 13.0. The lowest BCUT2D eigenvalue weighted by Crippen LogP contribution is -1.98. The molecule has 3 nitrogen and oxygen atoms in total. The third-order valence-corrected chi connectivity index (χ3v) is 1.90. The van der Waals surface area contributed by atoms with Crippen LogP contribution in [0.1, 0.15) is 10.4 Å². The monoisotopic (exact) mass is 179 g/mol. The molecule has 1 heterocycles. The van der Waals surface area contributed by atoms with Crippen LogP contribution in [0.2, 0.25) is 0 Å². The van der Waals surface area contributed by atoms with Gasteiger partial charge in [-0.2, -0.15) is 4.79 Å². The number of carbonyl (C=O) groups is 1. The van der Waals surface area contributed by atoms with Gasteiger partial charge in [0.2, 0.25) is 0 Å². The van der Waals surface area contributed by atoms with Gasteiger partial charge in [-0.15, -0.1) is 0 Å². The fraction of sp³-hybridized carbons (Fsp3) is 0. The van der Waals surface area contributed by atoms with Crippen LogP contribution in [-0.2, 0) is 0 Å². The predicted molar refractivity (Wildman–Crippen MR) is 45.4 cm³/mol. The molecule has 4 heteroatoms. The molecule has 0 unspecified atom stereocenters. The van der Waals surface area contributed by atoms with Crippen molar-refractivity contribution in [3.8, 4) is 0 Å². The second-order valence-electron chi connectivity index (χ2n) is 2.68. The Labute approximate surface area is 73.0 Å². The summed E-state index contributed by atoms with van der Waals surface area (Å²) >= 11 is 0. The second-order valence-corrected chi connectivity index (χ2v) is 2.68. The zero-order valence-corrected chi connectivity index (χ0v) is 6.57. The van der Waals surface area contributed by atoms with Crippen molar-refractivity contribution in [3.63, 3.8) is 0 Å². The van der Waals surface area contributed by atoms with Crippen LogP contribution in [0.25, 0.3) is 10.9 Å². The Hall–Kier alpha value is -1.84. The van der Waals surface area contributed by atoms with Gasteiger partial charge in [-0.3, -0.25) is 0 Å². The zero-order chi connectivity index (χ0) is 9.42. The minimum Gasteiger partial charge on any atom is -0.478 e. The van der Waals surface area contributed by atoms with Crippen LogP contribution < -0.4 is 0 Å². The van der Waals surface area contributed by atoms with Crippen LogP contribution in [0.4, 0.5) is 4.48 Å². The van der Waals surface area contributed by atoms with Crippen LogP contribution in [0.15, 0.2) is 30.5 Å². The van der Waals surface area contributed by atoms with E-state index in [1.807, 2.05) is 0 Å². The lowest BCUT2D eigenvalue weighted by Gasteiger charge is -1.97. The van der Waals surface area contributed by atoms with Crippen molar-refractivity contribution in [2.75, 3.05) is 0 Å². The molecule has 0 saturated carbocycles. The first-order chi connectivity index (χ1) is 6.20. The van der Waals surface area contributed by atoms with Crippen LogP contribution >= 0.6 is 0 Å². The van der Waals surface area contributed by atoms with Crippen LogP contribution in [0.5, 0.6) is 0 Å². The van der Waals surface area contributed by atoms with Crippen molar-refractivity contribution in [1.29, 1.82) is 0 Å². The summed E-state index contributed by atoms with van der Waals surface area (Å²) in [5.41, 5.74) is 0.0833. The van der Waals surface area contributed by atoms with Crippen molar-refractivity contribution < 1.29 is 14.4 Å². The van der Waals surface area contributed by atoms with Gasteiger partial charge in [-0.05, 0) is 12.1 Å². The van der Waals surface area contributed by atoms with Gasteiger partial charge in [0, 0.05) is 11.6 Å². The highest BCUT2D eigenvalue weighted by Gasteiger charge is 2.11. The number of carboxylic acid groups (broad SMARTS) is 1. The van der Waals surface area contributed by atoms with E-state index < -0.39 is 5.97 Å². The third kappa shape index (κ3) is 1.07. The van der Waals surface area contributed by atoms with E-state index in [4.69, 9.17) is 5.11 Å². The Morgan fingerprint density at radius 1 is 1.38 bits per heavy atom. The largest absolute Gasteiger partial charge is 0.478 e. The maximum atomic E-state index is 13.0. The van der Waals surface area contributed by atoms with E-state index in [1.165, 1.54) is 18.3 Å². The van der Waals surface area contributed by atoms with Gasteiger partial charge in [0.15, 0.2) is 0 Å². The van der Waals surface area contributed by atoms with E-state index in [1.54, 1.807) is 12.1 Å². The number of hydrogen-bond donors (Lipinski definition) is 1. The average Bonchev–Trinajstić information content (AvgIpc) is 2.48. The summed E-state index contributed by atoms with van der Waals surface area (Å²) in [6.07, 6.45) is 1.19. The average molecular weight is 179 g/mol. The molecule has 0 spiro atoms. The van der Waals surface area contributed by atoms with Crippen LogP contribution in [-0.4, -0.2) is 15.9 Å². The van der Waals surface area contributed by atoms with E-state index >= 15 is 0 Å². The molecule has 0 saturated heterocycles. The molecule has 0 aliphatic carbocycles. The summed E-state index contributed by atoms with van der Waals surface area (Å²) in [5.74, 6) is -1.12. The molecular weight excluding hydrogens is 173 g/mol. The molecule has 66 valence electrons. The molecule has 1 N–H and O–H groups in total. The van der Waals surface area contributed by atoms with Crippen molar-refractivity contribution in [3.05, 3.63) is 36.0 Å². The summed E-state index contributed by atoms with van der Waals surface area (Å²) in [7, 11) is 0. The molecular formula is C9H6FNO2. The number of nitrogens with zero attached hydrogens (tertiary/aromatic N) is 1. The van der Waals surface area contributed by atoms with Gasteiger partial charge in [-0.1, -0.05) is 16.6 Å². The SMILES string of the molecule is O=C(O)c1cccc2ccn(F)c12. The van der Waals surface area contributed by atoms with Gasteiger partial charge in [0.1, 0.15) is 0 Å². The van der Waals surface area contributed by atoms with Gasteiger partial charge in [0.05, 0.1) is 11.1 Å². The summed E-state index contributed by atoms with van der Waals surface area (Å²) in [5, 5.41) is 9.33. The third-order valence-electron chi connectivity index (χ3n) is 1.90. The second kappa shape index (κ2) is 2.58. The first kappa shape index (κ1) is 7.79. The molecule has 0 atom stereocenters. The molecule has 0 aliphatic rings. The summed E-state index contributed by atoms with van der Waals surface area (Å²) < 4.78 is 13.0. The van der Waals surface area contributed by atoms with Crippen molar-refractivity contribution >= 4 is 16.9 Å². The van der Waals surface area contributed by atoms with Crippen molar-refractivity contribution in [1.82, 2.24) is 4.79 Å². The quantitative estimate of drug-likeness (QED) is 0.728. The number of para-hydroxylation sites is 1. The summed E-state index contributed by atoms with van der Waals surface area (Å²) in [6, 6.07) is 6.16. The van der Waals surface area contributed by atoms with E-state index in [2.05, 4.69) is 0 Å². The highest BCUT2D eigenvalue weighted by molar-refractivity contribution is 6.02. The van der Waals surface area contributed by atoms with Gasteiger partial charge in [0.25, 0.3) is 0 Å². The Kier molecular flexibility index (Phi) is 1.55. The van der Waals surface area contributed by atoms with Gasteiger partial charge < -0.3 is 5.11 Å². The first-order valence-corrected chi connectivity index (χ1v) is 3.69. The minimum absolute atomic E-state index is 0.0231. The molecule has 0 bridgehead atoms. The van der Waals surface area contributed by atoms with Crippen molar-refractivity contribution in [2.45, 2.75) is 0 Å². The fourth-order valence-corrected chi connectivity index (χ4v) is 1.33. The number of rotatable bonds is 1. The molecule has 0 fully saturated rings. The molecule has 0 amide bonds. The molecule has 0 aliphatic heterocycles. The fourth-order valence-electron chi connectivity index (χ4n) is 1.33. The lowest BCUT2D eigenvalue weighted by molar-refractivity contribution is 0.0698.